The zero-order chi connectivity index (χ0) is 15.3. The second kappa shape index (κ2) is 11.4. The van der Waals surface area contributed by atoms with E-state index in [0.717, 1.165) is 10.9 Å². The Morgan fingerprint density at radius 3 is 1.57 bits per heavy atom. The highest BCUT2D eigenvalue weighted by Gasteiger charge is 1.87. The van der Waals surface area contributed by atoms with Gasteiger partial charge in [0.15, 0.2) is 0 Å². The zero-order valence-electron chi connectivity index (χ0n) is 12.4. The van der Waals surface area contributed by atoms with E-state index in [1.54, 1.807) is 31.1 Å². The monoisotopic (exact) mass is 308 g/mol. The fraction of sp³-hybridized carbons (Fsp3) is 0. The Bertz CT molecular complexity index is 601. The second-order valence-corrected chi connectivity index (χ2v) is 4.13. The number of hydrogen-bond acceptors (Lipinski definition) is 4. The molecule has 4 nitrogen and oxygen atoms in total. The second-order valence-electron chi connectivity index (χ2n) is 4.13. The van der Waals surface area contributed by atoms with Gasteiger partial charge in [-0.25, -0.2) is 9.97 Å². The van der Waals surface area contributed by atoms with Gasteiger partial charge >= 0.3 is 0 Å². The van der Waals surface area contributed by atoms with E-state index in [4.69, 9.17) is 0 Å². The number of halogens is 1. The van der Waals surface area contributed by atoms with Gasteiger partial charge in [0.2, 0.25) is 0 Å². The third-order valence-corrected chi connectivity index (χ3v) is 2.55. The highest BCUT2D eigenvalue weighted by Crippen LogP contribution is 2.06. The van der Waals surface area contributed by atoms with Gasteiger partial charge in [0.1, 0.15) is 6.33 Å². The maximum atomic E-state index is 4.07. The van der Waals surface area contributed by atoms with Crippen LogP contribution >= 0.6 is 0 Å². The van der Waals surface area contributed by atoms with Crippen LogP contribution in [-0.2, 0) is 0 Å². The average Bonchev–Trinajstić information content (AvgIpc) is 2.66. The minimum absolute atomic E-state index is 0. The van der Waals surface area contributed by atoms with Crippen molar-refractivity contribution in [1.29, 1.82) is 0 Å². The summed E-state index contributed by atoms with van der Waals surface area (Å²) in [5, 5.41) is 1.09. The van der Waals surface area contributed by atoms with Crippen molar-refractivity contribution < 1.29 is 4.70 Å². The van der Waals surface area contributed by atoms with Crippen LogP contribution in [0.3, 0.4) is 0 Å². The molecule has 4 aromatic rings. The number of nitrogens with zero attached hydrogens (tertiary/aromatic N) is 4. The molecule has 0 unspecified atom stereocenters. The van der Waals surface area contributed by atoms with Gasteiger partial charge in [-0.05, 0) is 30.3 Å². The molecule has 4 rings (SSSR count). The molecule has 0 atom stereocenters. The Kier molecular flexibility index (Phi) is 8.88. The van der Waals surface area contributed by atoms with E-state index in [9.17, 15) is 0 Å². The third-order valence-electron chi connectivity index (χ3n) is 2.55. The predicted molar refractivity (Wildman–Crippen MR) is 90.5 cm³/mol. The van der Waals surface area contributed by atoms with Crippen LogP contribution in [0.2, 0.25) is 0 Å². The smallest absolute Gasteiger partial charge is 0.116 e. The first-order chi connectivity index (χ1) is 11.0. The van der Waals surface area contributed by atoms with Crippen molar-refractivity contribution in [1.82, 2.24) is 19.9 Å². The van der Waals surface area contributed by atoms with E-state index in [2.05, 4.69) is 19.9 Å². The molecule has 1 aromatic carbocycles. The van der Waals surface area contributed by atoms with Crippen molar-refractivity contribution in [2.45, 2.75) is 0 Å². The third kappa shape index (κ3) is 7.38. The topological polar surface area (TPSA) is 51.6 Å². The molecule has 0 fully saturated rings. The number of fused-ring (bicyclic) bond motifs is 1. The van der Waals surface area contributed by atoms with Gasteiger partial charge in [0.05, 0.1) is 5.52 Å². The van der Waals surface area contributed by atoms with Crippen LogP contribution in [0, 0.1) is 0 Å². The van der Waals surface area contributed by atoms with E-state index in [0.29, 0.717) is 0 Å². The molecule has 0 amide bonds. The Morgan fingerprint density at radius 1 is 0.565 bits per heavy atom. The Labute approximate surface area is 134 Å². The number of hydrogen-bond donors (Lipinski definition) is 0. The van der Waals surface area contributed by atoms with Gasteiger partial charge < -0.3 is 0 Å². The summed E-state index contributed by atoms with van der Waals surface area (Å²) in [6.07, 6.45) is 10.4. The SMILES string of the molecule is F.c1ccc2ncncc2c1.c1ccncc1.c1ccncc1. The molecular formula is C18H17FN4. The molecular weight excluding hydrogens is 291 g/mol. The summed E-state index contributed by atoms with van der Waals surface area (Å²) in [5.41, 5.74) is 0.998. The number of pyridine rings is 2. The van der Waals surface area contributed by atoms with Gasteiger partial charge in [-0.15, -0.1) is 0 Å². The summed E-state index contributed by atoms with van der Waals surface area (Å²) in [4.78, 5) is 15.5. The van der Waals surface area contributed by atoms with Crippen LogP contribution in [0.15, 0.2) is 98.0 Å². The van der Waals surface area contributed by atoms with Crippen molar-refractivity contribution in [3.05, 3.63) is 98.0 Å². The summed E-state index contributed by atoms with van der Waals surface area (Å²) in [6.45, 7) is 0. The van der Waals surface area contributed by atoms with E-state index >= 15 is 0 Å². The Balaban J connectivity index is 0.000000178. The van der Waals surface area contributed by atoms with Gasteiger partial charge in [0.25, 0.3) is 0 Å². The minimum atomic E-state index is 0. The molecule has 0 aliphatic carbocycles. The standard InChI is InChI=1S/C8H6N2.2C5H5N.FH/c1-2-4-8-7(3-1)5-9-6-10-8;2*1-2-4-6-5-3-1;/h1-6H;2*1-5H;1H. The lowest BCUT2D eigenvalue weighted by Crippen LogP contribution is -1.77. The Hall–Kier alpha value is -3.21. The highest BCUT2D eigenvalue weighted by molar-refractivity contribution is 5.76. The van der Waals surface area contributed by atoms with Crippen LogP contribution in [0.25, 0.3) is 10.9 Å². The molecule has 0 saturated carbocycles. The number of rotatable bonds is 0. The predicted octanol–water partition coefficient (Wildman–Crippen LogP) is 3.95. The molecule has 0 saturated heterocycles. The quantitative estimate of drug-likeness (QED) is 0.493. The van der Waals surface area contributed by atoms with Crippen molar-refractivity contribution in [3.63, 3.8) is 0 Å². The lowest BCUT2D eigenvalue weighted by molar-refractivity contribution is 1.11. The van der Waals surface area contributed by atoms with E-state index < -0.39 is 0 Å². The number of aromatic nitrogens is 4. The van der Waals surface area contributed by atoms with Crippen molar-refractivity contribution in [2.24, 2.45) is 0 Å². The molecule has 0 aliphatic heterocycles. The highest BCUT2D eigenvalue weighted by atomic mass is 19.0. The summed E-state index contributed by atoms with van der Waals surface area (Å²) in [6, 6.07) is 19.3. The summed E-state index contributed by atoms with van der Waals surface area (Å²) in [7, 11) is 0. The number of para-hydroxylation sites is 1. The maximum absolute atomic E-state index is 4.07. The molecule has 116 valence electrons. The molecule has 0 N–H and O–H groups in total. The molecule has 23 heavy (non-hydrogen) atoms. The first-order valence-electron chi connectivity index (χ1n) is 6.81. The lowest BCUT2D eigenvalue weighted by Gasteiger charge is -1.90. The van der Waals surface area contributed by atoms with Crippen LogP contribution < -0.4 is 0 Å². The van der Waals surface area contributed by atoms with Crippen molar-refractivity contribution >= 4 is 10.9 Å². The average molecular weight is 308 g/mol. The van der Waals surface area contributed by atoms with Crippen LogP contribution in [-0.4, -0.2) is 19.9 Å². The zero-order valence-corrected chi connectivity index (χ0v) is 12.4. The molecule has 0 spiro atoms. The largest absolute Gasteiger partial charge is 0.269 e. The Morgan fingerprint density at radius 2 is 1.13 bits per heavy atom. The number of benzene rings is 1. The normalized spacial score (nSPS) is 8.52. The molecule has 0 bridgehead atoms. The van der Waals surface area contributed by atoms with E-state index in [-0.39, 0.29) is 4.70 Å². The lowest BCUT2D eigenvalue weighted by atomic mass is 10.2. The molecule has 3 aromatic heterocycles. The molecule has 3 heterocycles. The van der Waals surface area contributed by atoms with E-state index in [1.807, 2.05) is 66.9 Å². The van der Waals surface area contributed by atoms with Crippen LogP contribution in [0.4, 0.5) is 4.70 Å². The van der Waals surface area contributed by atoms with Crippen molar-refractivity contribution in [2.75, 3.05) is 0 Å². The summed E-state index contributed by atoms with van der Waals surface area (Å²) < 4.78 is 0. The van der Waals surface area contributed by atoms with Gasteiger partial charge in [-0.1, -0.05) is 30.3 Å². The first-order valence-corrected chi connectivity index (χ1v) is 6.81. The maximum Gasteiger partial charge on any atom is 0.116 e. The molecule has 0 radical (unpaired) electrons. The van der Waals surface area contributed by atoms with Crippen molar-refractivity contribution in [3.8, 4) is 0 Å². The van der Waals surface area contributed by atoms with Crippen LogP contribution in [0.5, 0.6) is 0 Å². The fourth-order valence-electron chi connectivity index (χ4n) is 1.55. The van der Waals surface area contributed by atoms with E-state index in [1.165, 1.54) is 0 Å². The van der Waals surface area contributed by atoms with Crippen LogP contribution in [0.1, 0.15) is 0 Å². The van der Waals surface area contributed by atoms with Gasteiger partial charge in [0, 0.05) is 36.4 Å². The summed E-state index contributed by atoms with van der Waals surface area (Å²) >= 11 is 0. The fourth-order valence-corrected chi connectivity index (χ4v) is 1.55. The van der Waals surface area contributed by atoms with Gasteiger partial charge in [-0.3, -0.25) is 14.7 Å². The molecule has 5 heteroatoms. The molecule has 0 aliphatic rings. The minimum Gasteiger partial charge on any atom is -0.269 e. The van der Waals surface area contributed by atoms with Gasteiger partial charge in [-0.2, -0.15) is 0 Å². The summed E-state index contributed by atoms with van der Waals surface area (Å²) in [5.74, 6) is 0. The first kappa shape index (κ1) is 17.8.